The number of likely N-dealkylation sites (tertiary alicyclic amines) is 2. The van der Waals surface area contributed by atoms with E-state index in [0.29, 0.717) is 44.3 Å². The molecule has 9 atom stereocenters. The van der Waals surface area contributed by atoms with Crippen LogP contribution in [0.3, 0.4) is 0 Å². The van der Waals surface area contributed by atoms with Crippen molar-refractivity contribution in [2.45, 2.75) is 82.8 Å². The lowest BCUT2D eigenvalue weighted by Gasteiger charge is -2.39. The van der Waals surface area contributed by atoms with E-state index >= 15 is 0 Å². The molecule has 10 heteroatoms. The number of nitrogens with zero attached hydrogens (tertiary/aromatic N) is 3. The van der Waals surface area contributed by atoms with Crippen LogP contribution < -0.4 is 10.9 Å². The minimum Gasteiger partial charge on any atom is -0.339 e. The Labute approximate surface area is 212 Å². The Morgan fingerprint density at radius 1 is 1.11 bits per heavy atom. The van der Waals surface area contributed by atoms with Crippen LogP contribution in [0.25, 0.3) is 0 Å². The highest BCUT2D eigenvalue weighted by Gasteiger charge is 2.57. The van der Waals surface area contributed by atoms with E-state index in [1.54, 1.807) is 0 Å². The molecule has 5 aliphatic rings. The van der Waals surface area contributed by atoms with Gasteiger partial charge in [0, 0.05) is 38.1 Å². The van der Waals surface area contributed by atoms with Crippen molar-refractivity contribution in [3.8, 4) is 0 Å². The molecular weight excluding hydrogens is 474 g/mol. The number of hydrogen-bond donors (Lipinski definition) is 2. The number of amides is 1. The molecule has 206 valence electrons. The van der Waals surface area contributed by atoms with Gasteiger partial charge in [0.1, 0.15) is 6.17 Å². The Bertz CT molecular complexity index is 784. The summed E-state index contributed by atoms with van der Waals surface area (Å²) < 4.78 is 56.3. The fourth-order valence-electron chi connectivity index (χ4n) is 7.98. The van der Waals surface area contributed by atoms with Gasteiger partial charge in [0.15, 0.2) is 0 Å². The first kappa shape index (κ1) is 26.6. The maximum absolute atomic E-state index is 14.2. The van der Waals surface area contributed by atoms with Gasteiger partial charge in [-0.15, -0.1) is 0 Å². The zero-order valence-electron chi connectivity index (χ0n) is 21.7. The Morgan fingerprint density at radius 2 is 1.92 bits per heavy atom. The second-order valence-corrected chi connectivity index (χ2v) is 12.4. The monoisotopic (exact) mass is 517 g/mol. The van der Waals surface area contributed by atoms with Gasteiger partial charge in [0.05, 0.1) is 18.8 Å². The topological polar surface area (TPSA) is 50.9 Å². The van der Waals surface area contributed by atoms with Gasteiger partial charge in [0.25, 0.3) is 0 Å². The first-order chi connectivity index (χ1) is 17.1. The lowest BCUT2D eigenvalue weighted by atomic mass is 9.68. The summed E-state index contributed by atoms with van der Waals surface area (Å²) in [6.07, 6.45) is 1.07. The normalized spacial score (nSPS) is 41.7. The van der Waals surface area contributed by atoms with E-state index in [-0.39, 0.29) is 37.0 Å². The van der Waals surface area contributed by atoms with Crippen LogP contribution >= 0.6 is 0 Å². The lowest BCUT2D eigenvalue weighted by molar-refractivity contribution is -0.204. The summed E-state index contributed by atoms with van der Waals surface area (Å²) in [7, 11) is 2.09. The van der Waals surface area contributed by atoms with Gasteiger partial charge in [-0.1, -0.05) is 19.8 Å². The van der Waals surface area contributed by atoms with E-state index in [0.717, 1.165) is 38.8 Å². The zero-order chi connectivity index (χ0) is 25.6. The molecule has 2 N–H and O–H groups in total. The smallest absolute Gasteiger partial charge is 0.339 e. The zero-order valence-corrected chi connectivity index (χ0v) is 21.7. The predicted octanol–water partition coefficient (Wildman–Crippen LogP) is 3.60. The number of fused-ring (bicyclic) bond motifs is 1. The number of nitrogens with one attached hydrogen (secondary N) is 2. The van der Waals surface area contributed by atoms with Crippen molar-refractivity contribution in [1.82, 2.24) is 25.6 Å². The summed E-state index contributed by atoms with van der Waals surface area (Å²) in [5.41, 5.74) is 6.49. The molecule has 3 saturated heterocycles. The van der Waals surface area contributed by atoms with Crippen molar-refractivity contribution in [2.24, 2.45) is 35.5 Å². The summed E-state index contributed by atoms with van der Waals surface area (Å²) in [5.74, 6) is -1.92. The SMILES string of the molecule is C[C@H](CC1NNCN1C)C1CCCC(N2CC3C(CC(CN4CC[C@H](F)C4)CC3C(F)(F)F)C2=O)C1. The van der Waals surface area contributed by atoms with Crippen LogP contribution in [-0.2, 0) is 4.79 Å². The van der Waals surface area contributed by atoms with E-state index in [1.807, 2.05) is 9.80 Å². The standard InChI is InChI=1S/C26H43F4N5O/c1-16(8-24-32-31-15-33(24)2)18-4-3-5-20(11-18)35-14-22-21(25(35)36)9-17(10-23(22)26(28,29)30)12-34-7-6-19(27)13-34/h16-24,31-32H,3-15H2,1-2H3/t16-,17?,18?,19+,20?,21?,22?,23?,24?/m1/s1. The van der Waals surface area contributed by atoms with Crippen molar-refractivity contribution in [2.75, 3.05) is 39.9 Å². The van der Waals surface area contributed by atoms with E-state index in [1.165, 1.54) is 0 Å². The molecule has 0 radical (unpaired) electrons. The molecule has 2 saturated carbocycles. The van der Waals surface area contributed by atoms with E-state index in [9.17, 15) is 22.4 Å². The van der Waals surface area contributed by atoms with Crippen molar-refractivity contribution < 1.29 is 22.4 Å². The number of carbonyl (C=O) groups is 1. The molecule has 5 rings (SSSR count). The molecule has 2 aliphatic carbocycles. The van der Waals surface area contributed by atoms with Crippen LogP contribution in [0.15, 0.2) is 0 Å². The number of halogens is 4. The molecule has 0 spiro atoms. The van der Waals surface area contributed by atoms with Gasteiger partial charge in [0.2, 0.25) is 5.91 Å². The van der Waals surface area contributed by atoms with Gasteiger partial charge >= 0.3 is 6.18 Å². The highest BCUT2D eigenvalue weighted by molar-refractivity contribution is 5.82. The number of carbonyl (C=O) groups excluding carboxylic acids is 1. The molecule has 0 aromatic rings. The second-order valence-electron chi connectivity index (χ2n) is 12.4. The average Bonchev–Trinajstić information content (AvgIpc) is 3.52. The third-order valence-corrected chi connectivity index (χ3v) is 10.0. The Kier molecular flexibility index (Phi) is 7.88. The number of hydrazine groups is 1. The maximum Gasteiger partial charge on any atom is 0.392 e. The van der Waals surface area contributed by atoms with Crippen molar-refractivity contribution >= 4 is 5.91 Å². The first-order valence-corrected chi connectivity index (χ1v) is 14.0. The third kappa shape index (κ3) is 5.57. The summed E-state index contributed by atoms with van der Waals surface area (Å²) in [6.45, 7) is 4.72. The van der Waals surface area contributed by atoms with Crippen LogP contribution in [0, 0.1) is 35.5 Å². The van der Waals surface area contributed by atoms with Crippen LogP contribution in [0.4, 0.5) is 17.6 Å². The molecule has 0 aromatic carbocycles. The molecule has 3 aliphatic heterocycles. The van der Waals surface area contributed by atoms with Crippen molar-refractivity contribution in [1.29, 1.82) is 0 Å². The number of hydrogen-bond acceptors (Lipinski definition) is 5. The van der Waals surface area contributed by atoms with Gasteiger partial charge in [-0.25, -0.2) is 15.2 Å². The minimum absolute atomic E-state index is 0.0508. The maximum atomic E-state index is 14.2. The van der Waals surface area contributed by atoms with Crippen molar-refractivity contribution in [3.63, 3.8) is 0 Å². The highest BCUT2D eigenvalue weighted by Crippen LogP contribution is 2.51. The number of alkyl halides is 4. The van der Waals surface area contributed by atoms with Crippen LogP contribution in [0.2, 0.25) is 0 Å². The van der Waals surface area contributed by atoms with Gasteiger partial charge in [-0.3, -0.25) is 9.69 Å². The molecule has 7 unspecified atom stereocenters. The third-order valence-electron chi connectivity index (χ3n) is 10.0. The van der Waals surface area contributed by atoms with Crippen LogP contribution in [0.1, 0.15) is 58.3 Å². The van der Waals surface area contributed by atoms with Crippen LogP contribution in [0.5, 0.6) is 0 Å². The van der Waals surface area contributed by atoms with Gasteiger partial charge < -0.3 is 9.80 Å². The fraction of sp³-hybridized carbons (Fsp3) is 0.962. The average molecular weight is 518 g/mol. The molecule has 6 nitrogen and oxygen atoms in total. The summed E-state index contributed by atoms with van der Waals surface area (Å²) in [6, 6.07) is 0.0508. The van der Waals surface area contributed by atoms with Crippen LogP contribution in [-0.4, -0.2) is 85.1 Å². The van der Waals surface area contributed by atoms with Gasteiger partial charge in [-0.2, -0.15) is 13.2 Å². The van der Waals surface area contributed by atoms with E-state index in [4.69, 9.17) is 0 Å². The predicted molar refractivity (Wildman–Crippen MR) is 129 cm³/mol. The van der Waals surface area contributed by atoms with Gasteiger partial charge in [-0.05, 0) is 69.2 Å². The molecule has 0 bridgehead atoms. The Morgan fingerprint density at radius 3 is 2.58 bits per heavy atom. The summed E-state index contributed by atoms with van der Waals surface area (Å²) in [5, 5.41) is 0. The molecule has 1 amide bonds. The quantitative estimate of drug-likeness (QED) is 0.528. The molecular formula is C26H43F4N5O. The molecule has 3 heterocycles. The largest absolute Gasteiger partial charge is 0.392 e. The molecule has 36 heavy (non-hydrogen) atoms. The molecule has 5 fully saturated rings. The minimum atomic E-state index is -4.30. The van der Waals surface area contributed by atoms with E-state index in [2.05, 4.69) is 29.7 Å². The molecule has 0 aromatic heterocycles. The summed E-state index contributed by atoms with van der Waals surface area (Å²) in [4.78, 5) is 19.7. The number of rotatable bonds is 6. The lowest BCUT2D eigenvalue weighted by Crippen LogP contribution is -2.43. The van der Waals surface area contributed by atoms with E-state index < -0.39 is 30.1 Å². The second kappa shape index (κ2) is 10.7. The first-order valence-electron chi connectivity index (χ1n) is 14.0. The van der Waals surface area contributed by atoms with Crippen molar-refractivity contribution in [3.05, 3.63) is 0 Å². The fourth-order valence-corrected chi connectivity index (χ4v) is 7.98. The summed E-state index contributed by atoms with van der Waals surface area (Å²) >= 11 is 0. The Balaban J connectivity index is 1.24. The Hall–Kier alpha value is -0.970. The highest BCUT2D eigenvalue weighted by atomic mass is 19.4.